The Kier molecular flexibility index (Phi) is 2.34. The smallest absolute Gasteiger partial charge is 0.229 e. The van der Waals surface area contributed by atoms with E-state index in [1.54, 1.807) is 18.6 Å². The molecule has 0 radical (unpaired) electrons. The van der Waals surface area contributed by atoms with E-state index < -0.39 is 0 Å². The van der Waals surface area contributed by atoms with Gasteiger partial charge in [-0.25, -0.2) is 15.0 Å². The number of para-hydroxylation sites is 1. The van der Waals surface area contributed by atoms with Crippen LogP contribution in [0.1, 0.15) is 0 Å². The Bertz CT molecular complexity index is 638. The molecule has 0 saturated carbocycles. The number of rotatable bonds is 2. The second-order valence-electron chi connectivity index (χ2n) is 3.45. The molecule has 0 bridgehead atoms. The van der Waals surface area contributed by atoms with Crippen molar-refractivity contribution in [2.24, 2.45) is 0 Å². The van der Waals surface area contributed by atoms with Crippen LogP contribution in [0, 0.1) is 0 Å². The molecule has 17 heavy (non-hydrogen) atoms. The minimum atomic E-state index is 0.518. The molecule has 0 amide bonds. The summed E-state index contributed by atoms with van der Waals surface area (Å²) >= 11 is 0. The number of aromatic nitrogens is 4. The van der Waals surface area contributed by atoms with Crippen LogP contribution < -0.4 is 5.32 Å². The van der Waals surface area contributed by atoms with Gasteiger partial charge in [0.05, 0.1) is 6.20 Å². The number of nitrogens with zero attached hydrogens (tertiary/aromatic N) is 4. The number of hydrogen-bond donors (Lipinski definition) is 1. The van der Waals surface area contributed by atoms with Crippen molar-refractivity contribution in [1.82, 2.24) is 19.9 Å². The summed E-state index contributed by atoms with van der Waals surface area (Å²) in [6.45, 7) is 0. The molecule has 1 N–H and O–H groups in total. The maximum absolute atomic E-state index is 4.27. The third-order valence-corrected chi connectivity index (χ3v) is 2.26. The van der Waals surface area contributed by atoms with Gasteiger partial charge in [0.2, 0.25) is 5.95 Å². The normalized spacial score (nSPS) is 10.4. The van der Waals surface area contributed by atoms with Crippen molar-refractivity contribution < 1.29 is 0 Å². The summed E-state index contributed by atoms with van der Waals surface area (Å²) in [6.07, 6.45) is 4.89. The average molecular weight is 223 g/mol. The van der Waals surface area contributed by atoms with E-state index in [4.69, 9.17) is 0 Å². The van der Waals surface area contributed by atoms with E-state index in [-0.39, 0.29) is 0 Å². The van der Waals surface area contributed by atoms with Crippen LogP contribution in [0.2, 0.25) is 0 Å². The van der Waals surface area contributed by atoms with Gasteiger partial charge in [-0.2, -0.15) is 4.98 Å². The summed E-state index contributed by atoms with van der Waals surface area (Å²) in [5.41, 5.74) is 2.21. The maximum atomic E-state index is 4.27. The maximum Gasteiger partial charge on any atom is 0.229 e. The molecule has 1 aromatic carbocycles. The van der Waals surface area contributed by atoms with Gasteiger partial charge >= 0.3 is 0 Å². The molecular formula is C12H9N5. The minimum absolute atomic E-state index is 0.518. The highest BCUT2D eigenvalue weighted by Gasteiger charge is 2.01. The zero-order valence-electron chi connectivity index (χ0n) is 8.91. The van der Waals surface area contributed by atoms with Crippen LogP contribution in [0.4, 0.5) is 11.6 Å². The lowest BCUT2D eigenvalue weighted by atomic mass is 10.3. The van der Waals surface area contributed by atoms with Crippen LogP contribution in [-0.4, -0.2) is 19.9 Å². The molecule has 0 aliphatic carbocycles. The van der Waals surface area contributed by atoms with E-state index in [1.165, 1.54) is 0 Å². The zero-order chi connectivity index (χ0) is 11.5. The topological polar surface area (TPSA) is 63.6 Å². The summed E-state index contributed by atoms with van der Waals surface area (Å²) in [4.78, 5) is 16.7. The highest BCUT2D eigenvalue weighted by atomic mass is 15.1. The van der Waals surface area contributed by atoms with Gasteiger partial charge in [0.1, 0.15) is 5.52 Å². The predicted octanol–water partition coefficient (Wildman–Crippen LogP) is 2.16. The molecule has 3 rings (SSSR count). The Morgan fingerprint density at radius 2 is 1.71 bits per heavy atom. The van der Waals surface area contributed by atoms with Crippen LogP contribution in [0.25, 0.3) is 11.2 Å². The number of nitrogens with one attached hydrogen (secondary N) is 1. The Labute approximate surface area is 97.6 Å². The second-order valence-corrected chi connectivity index (χ2v) is 3.45. The van der Waals surface area contributed by atoms with Gasteiger partial charge in [-0.1, -0.05) is 18.2 Å². The Morgan fingerprint density at radius 1 is 0.882 bits per heavy atom. The van der Waals surface area contributed by atoms with Gasteiger partial charge in [0.15, 0.2) is 5.65 Å². The number of anilines is 2. The first-order valence-electron chi connectivity index (χ1n) is 5.18. The fraction of sp³-hybridized carbons (Fsp3) is 0. The molecule has 5 heteroatoms. The molecule has 3 aromatic rings. The minimum Gasteiger partial charge on any atom is -0.324 e. The first kappa shape index (κ1) is 9.65. The fourth-order valence-electron chi connectivity index (χ4n) is 1.48. The zero-order valence-corrected chi connectivity index (χ0v) is 8.91. The molecule has 0 unspecified atom stereocenters. The van der Waals surface area contributed by atoms with Gasteiger partial charge in [0, 0.05) is 18.1 Å². The first-order chi connectivity index (χ1) is 8.42. The SMILES string of the molecule is c1ccc(Nc2ncc3nccnc3n2)cc1. The molecule has 0 aliphatic heterocycles. The molecule has 0 aliphatic rings. The number of fused-ring (bicyclic) bond motifs is 1. The lowest BCUT2D eigenvalue weighted by molar-refractivity contribution is 1.15. The van der Waals surface area contributed by atoms with Crippen molar-refractivity contribution in [2.75, 3.05) is 5.32 Å². The summed E-state index contributed by atoms with van der Waals surface area (Å²) in [5.74, 6) is 0.518. The van der Waals surface area contributed by atoms with Crippen molar-refractivity contribution in [3.8, 4) is 0 Å². The van der Waals surface area contributed by atoms with Gasteiger partial charge < -0.3 is 5.32 Å². The van der Waals surface area contributed by atoms with Gasteiger partial charge in [-0.3, -0.25) is 0 Å². The Morgan fingerprint density at radius 3 is 2.59 bits per heavy atom. The van der Waals surface area contributed by atoms with E-state index in [2.05, 4.69) is 25.3 Å². The molecule has 0 spiro atoms. The Hall–Kier alpha value is -2.56. The average Bonchev–Trinajstić information content (AvgIpc) is 2.40. The fourth-order valence-corrected chi connectivity index (χ4v) is 1.48. The Balaban J connectivity index is 1.96. The molecule has 5 nitrogen and oxygen atoms in total. The van der Waals surface area contributed by atoms with Crippen molar-refractivity contribution >= 4 is 22.8 Å². The van der Waals surface area contributed by atoms with Crippen molar-refractivity contribution in [3.05, 3.63) is 48.9 Å². The monoisotopic (exact) mass is 223 g/mol. The highest BCUT2D eigenvalue weighted by molar-refractivity contribution is 5.70. The molecule has 0 fully saturated rings. The van der Waals surface area contributed by atoms with Crippen LogP contribution in [0.3, 0.4) is 0 Å². The summed E-state index contributed by atoms with van der Waals surface area (Å²) in [6, 6.07) is 9.75. The van der Waals surface area contributed by atoms with Crippen molar-refractivity contribution in [3.63, 3.8) is 0 Å². The molecule has 2 aromatic heterocycles. The van der Waals surface area contributed by atoms with Gasteiger partial charge in [0.25, 0.3) is 0 Å². The standard InChI is InChI=1S/C12H9N5/c1-2-4-9(5-3-1)16-12-15-8-10-11(17-12)14-7-6-13-10/h1-8H,(H,14,15,16,17). The molecule has 82 valence electrons. The lowest BCUT2D eigenvalue weighted by Gasteiger charge is -2.04. The van der Waals surface area contributed by atoms with Crippen LogP contribution >= 0.6 is 0 Å². The molecule has 2 heterocycles. The third kappa shape index (κ3) is 2.03. The van der Waals surface area contributed by atoms with E-state index in [0.29, 0.717) is 17.1 Å². The third-order valence-electron chi connectivity index (χ3n) is 2.26. The van der Waals surface area contributed by atoms with Crippen molar-refractivity contribution in [2.45, 2.75) is 0 Å². The molecular weight excluding hydrogens is 214 g/mol. The van der Waals surface area contributed by atoms with Gasteiger partial charge in [-0.15, -0.1) is 0 Å². The lowest BCUT2D eigenvalue weighted by Crippen LogP contribution is -1.98. The quantitative estimate of drug-likeness (QED) is 0.721. The largest absolute Gasteiger partial charge is 0.324 e. The number of hydrogen-bond acceptors (Lipinski definition) is 5. The van der Waals surface area contributed by atoms with E-state index in [9.17, 15) is 0 Å². The molecule has 0 atom stereocenters. The van der Waals surface area contributed by atoms with Gasteiger partial charge in [-0.05, 0) is 12.1 Å². The predicted molar refractivity (Wildman–Crippen MR) is 64.9 cm³/mol. The van der Waals surface area contributed by atoms with E-state index in [1.807, 2.05) is 30.3 Å². The highest BCUT2D eigenvalue weighted by Crippen LogP contribution is 2.13. The number of benzene rings is 1. The van der Waals surface area contributed by atoms with Crippen LogP contribution in [0.5, 0.6) is 0 Å². The summed E-state index contributed by atoms with van der Waals surface area (Å²) in [5, 5.41) is 3.11. The summed E-state index contributed by atoms with van der Waals surface area (Å²) < 4.78 is 0. The van der Waals surface area contributed by atoms with Crippen molar-refractivity contribution in [1.29, 1.82) is 0 Å². The second kappa shape index (κ2) is 4.13. The van der Waals surface area contributed by atoms with E-state index in [0.717, 1.165) is 5.69 Å². The summed E-state index contributed by atoms with van der Waals surface area (Å²) in [7, 11) is 0. The van der Waals surface area contributed by atoms with Crippen LogP contribution in [-0.2, 0) is 0 Å². The molecule has 0 saturated heterocycles. The van der Waals surface area contributed by atoms with Crippen LogP contribution in [0.15, 0.2) is 48.9 Å². The van der Waals surface area contributed by atoms with E-state index >= 15 is 0 Å². The first-order valence-corrected chi connectivity index (χ1v) is 5.18.